The summed E-state index contributed by atoms with van der Waals surface area (Å²) >= 11 is 3.40. The normalized spacial score (nSPS) is 11.1. The largest absolute Gasteiger partial charge is 0.497 e. The number of esters is 1. The Kier molecular flexibility index (Phi) is 4.57. The van der Waals surface area contributed by atoms with Crippen LogP contribution < -0.4 is 4.74 Å². The number of benzene rings is 1. The van der Waals surface area contributed by atoms with E-state index in [4.69, 9.17) is 9.47 Å². The fraction of sp³-hybridized carbons (Fsp3) is 0.462. The van der Waals surface area contributed by atoms with Crippen LogP contribution in [0.15, 0.2) is 22.7 Å². The highest BCUT2D eigenvalue weighted by Crippen LogP contribution is 2.23. The molecule has 0 bridgehead atoms. The zero-order valence-electron chi connectivity index (χ0n) is 10.5. The minimum absolute atomic E-state index is 0.231. The Morgan fingerprint density at radius 1 is 1.35 bits per heavy atom. The second-order valence-corrected chi connectivity index (χ2v) is 5.57. The molecule has 0 radical (unpaired) electrons. The summed E-state index contributed by atoms with van der Waals surface area (Å²) in [5.41, 5.74) is 0.404. The van der Waals surface area contributed by atoms with Gasteiger partial charge in [-0.2, -0.15) is 0 Å². The van der Waals surface area contributed by atoms with Gasteiger partial charge in [-0.1, -0.05) is 15.9 Å². The summed E-state index contributed by atoms with van der Waals surface area (Å²) in [6.07, 6.45) is 0.231. The average Bonchev–Trinajstić information content (AvgIpc) is 2.18. The number of hydrogen-bond donors (Lipinski definition) is 0. The number of rotatable bonds is 3. The molecule has 0 amide bonds. The van der Waals surface area contributed by atoms with Crippen molar-refractivity contribution in [1.29, 1.82) is 0 Å². The monoisotopic (exact) mass is 300 g/mol. The van der Waals surface area contributed by atoms with Crippen molar-refractivity contribution in [3.63, 3.8) is 0 Å². The maximum atomic E-state index is 11.7. The van der Waals surface area contributed by atoms with Crippen LogP contribution in [0.5, 0.6) is 5.75 Å². The third-order valence-electron chi connectivity index (χ3n) is 2.01. The summed E-state index contributed by atoms with van der Waals surface area (Å²) in [5.74, 6) is 0.484. The number of carbonyl (C=O) groups is 1. The second-order valence-electron chi connectivity index (χ2n) is 4.72. The lowest BCUT2D eigenvalue weighted by Crippen LogP contribution is -2.25. The topological polar surface area (TPSA) is 35.5 Å². The molecular weight excluding hydrogens is 284 g/mol. The van der Waals surface area contributed by atoms with E-state index < -0.39 is 5.60 Å². The molecule has 17 heavy (non-hydrogen) atoms. The van der Waals surface area contributed by atoms with E-state index in [0.717, 1.165) is 15.8 Å². The van der Waals surface area contributed by atoms with Crippen LogP contribution >= 0.6 is 15.9 Å². The van der Waals surface area contributed by atoms with Crippen LogP contribution in [0.2, 0.25) is 0 Å². The van der Waals surface area contributed by atoms with E-state index >= 15 is 0 Å². The summed E-state index contributed by atoms with van der Waals surface area (Å²) in [6, 6.07) is 5.52. The average molecular weight is 301 g/mol. The molecule has 1 aromatic rings. The quantitative estimate of drug-likeness (QED) is 0.803. The predicted octanol–water partition coefficient (Wildman–Crippen LogP) is 3.34. The van der Waals surface area contributed by atoms with E-state index in [9.17, 15) is 4.79 Å². The molecule has 0 saturated heterocycles. The van der Waals surface area contributed by atoms with Gasteiger partial charge in [-0.3, -0.25) is 4.79 Å². The Morgan fingerprint density at radius 3 is 2.53 bits per heavy atom. The van der Waals surface area contributed by atoms with Crippen LogP contribution in [0.4, 0.5) is 0 Å². The fourth-order valence-electron chi connectivity index (χ4n) is 1.35. The van der Waals surface area contributed by atoms with Gasteiger partial charge in [0, 0.05) is 4.47 Å². The molecule has 3 nitrogen and oxygen atoms in total. The van der Waals surface area contributed by atoms with Crippen LogP contribution in [0.1, 0.15) is 26.3 Å². The lowest BCUT2D eigenvalue weighted by Gasteiger charge is -2.19. The standard InChI is InChI=1S/C13H17BrO3/c1-13(2,3)17-12(15)8-9-7-10(16-4)5-6-11(9)14/h5-7H,8H2,1-4H3. The Hall–Kier alpha value is -1.03. The summed E-state index contributed by atoms with van der Waals surface area (Å²) in [6.45, 7) is 5.56. The van der Waals surface area contributed by atoms with E-state index in [1.807, 2.05) is 39.0 Å². The number of hydrogen-bond acceptors (Lipinski definition) is 3. The van der Waals surface area contributed by atoms with E-state index in [2.05, 4.69) is 15.9 Å². The van der Waals surface area contributed by atoms with Crippen molar-refractivity contribution >= 4 is 21.9 Å². The minimum Gasteiger partial charge on any atom is -0.497 e. The first-order chi connectivity index (χ1) is 7.81. The molecule has 0 aliphatic heterocycles. The van der Waals surface area contributed by atoms with Crippen molar-refractivity contribution in [2.45, 2.75) is 32.8 Å². The van der Waals surface area contributed by atoms with Gasteiger partial charge in [0.05, 0.1) is 13.5 Å². The summed E-state index contributed by atoms with van der Waals surface area (Å²) in [7, 11) is 1.60. The highest BCUT2D eigenvalue weighted by Gasteiger charge is 2.17. The fourth-order valence-corrected chi connectivity index (χ4v) is 1.73. The van der Waals surface area contributed by atoms with Gasteiger partial charge < -0.3 is 9.47 Å². The zero-order valence-corrected chi connectivity index (χ0v) is 12.1. The van der Waals surface area contributed by atoms with Gasteiger partial charge in [-0.25, -0.2) is 0 Å². The molecule has 0 aliphatic rings. The first kappa shape index (κ1) is 14.0. The predicted molar refractivity (Wildman–Crippen MR) is 70.2 cm³/mol. The highest BCUT2D eigenvalue weighted by molar-refractivity contribution is 9.10. The molecule has 4 heteroatoms. The van der Waals surface area contributed by atoms with Crippen molar-refractivity contribution < 1.29 is 14.3 Å². The van der Waals surface area contributed by atoms with Crippen LogP contribution in [0.25, 0.3) is 0 Å². The molecule has 0 aromatic heterocycles. The number of carbonyl (C=O) groups excluding carboxylic acids is 1. The van der Waals surface area contributed by atoms with E-state index in [-0.39, 0.29) is 12.4 Å². The molecule has 94 valence electrons. The van der Waals surface area contributed by atoms with Gasteiger partial charge in [0.15, 0.2) is 0 Å². The maximum Gasteiger partial charge on any atom is 0.310 e. The number of halogens is 1. The smallest absolute Gasteiger partial charge is 0.310 e. The molecule has 0 fully saturated rings. The molecular formula is C13H17BrO3. The van der Waals surface area contributed by atoms with Gasteiger partial charge in [-0.15, -0.1) is 0 Å². The van der Waals surface area contributed by atoms with Crippen LogP contribution in [-0.2, 0) is 16.0 Å². The number of ether oxygens (including phenoxy) is 2. The summed E-state index contributed by atoms with van der Waals surface area (Å²) in [4.78, 5) is 11.7. The van der Waals surface area contributed by atoms with Crippen LogP contribution in [0.3, 0.4) is 0 Å². The first-order valence-corrected chi connectivity index (χ1v) is 6.15. The minimum atomic E-state index is -0.456. The van der Waals surface area contributed by atoms with Gasteiger partial charge in [-0.05, 0) is 44.5 Å². The molecule has 0 atom stereocenters. The van der Waals surface area contributed by atoms with Gasteiger partial charge in [0.2, 0.25) is 0 Å². The van der Waals surface area contributed by atoms with Crippen molar-refractivity contribution in [2.75, 3.05) is 7.11 Å². The van der Waals surface area contributed by atoms with Crippen molar-refractivity contribution in [2.24, 2.45) is 0 Å². The lowest BCUT2D eigenvalue weighted by atomic mass is 10.1. The van der Waals surface area contributed by atoms with Crippen molar-refractivity contribution in [1.82, 2.24) is 0 Å². The Bertz CT molecular complexity index is 408. The zero-order chi connectivity index (χ0) is 13.1. The molecule has 0 saturated carbocycles. The van der Waals surface area contributed by atoms with E-state index in [0.29, 0.717) is 0 Å². The molecule has 1 aromatic carbocycles. The van der Waals surface area contributed by atoms with Crippen molar-refractivity contribution in [3.05, 3.63) is 28.2 Å². The SMILES string of the molecule is COc1ccc(Br)c(CC(=O)OC(C)(C)C)c1. The maximum absolute atomic E-state index is 11.7. The molecule has 0 aliphatic carbocycles. The van der Waals surface area contributed by atoms with Gasteiger partial charge in [0.1, 0.15) is 11.4 Å². The summed E-state index contributed by atoms with van der Waals surface area (Å²) in [5, 5.41) is 0. The van der Waals surface area contributed by atoms with E-state index in [1.54, 1.807) is 7.11 Å². The number of methoxy groups -OCH3 is 1. The van der Waals surface area contributed by atoms with Crippen LogP contribution in [-0.4, -0.2) is 18.7 Å². The Morgan fingerprint density at radius 2 is 2.00 bits per heavy atom. The van der Waals surface area contributed by atoms with Crippen LogP contribution in [0, 0.1) is 0 Å². The third-order valence-corrected chi connectivity index (χ3v) is 2.78. The third kappa shape index (κ3) is 4.77. The Balaban J connectivity index is 2.77. The van der Waals surface area contributed by atoms with Gasteiger partial charge >= 0.3 is 5.97 Å². The Labute approximate surface area is 110 Å². The summed E-state index contributed by atoms with van der Waals surface area (Å²) < 4.78 is 11.3. The molecule has 0 unspecified atom stereocenters. The van der Waals surface area contributed by atoms with Gasteiger partial charge in [0.25, 0.3) is 0 Å². The first-order valence-electron chi connectivity index (χ1n) is 5.36. The molecule has 1 rings (SSSR count). The van der Waals surface area contributed by atoms with E-state index in [1.165, 1.54) is 0 Å². The second kappa shape index (κ2) is 5.54. The molecule has 0 spiro atoms. The molecule has 0 heterocycles. The lowest BCUT2D eigenvalue weighted by molar-refractivity contribution is -0.153. The highest BCUT2D eigenvalue weighted by atomic mass is 79.9. The van der Waals surface area contributed by atoms with Crippen molar-refractivity contribution in [3.8, 4) is 5.75 Å². The molecule has 0 N–H and O–H groups in total.